The van der Waals surface area contributed by atoms with E-state index in [4.69, 9.17) is 18.9 Å². The van der Waals surface area contributed by atoms with Crippen molar-refractivity contribution in [3.05, 3.63) is 84.9 Å². The van der Waals surface area contributed by atoms with E-state index in [0.717, 1.165) is 43.9 Å². The van der Waals surface area contributed by atoms with E-state index in [1.165, 1.54) is 29.3 Å². The molecule has 0 saturated heterocycles. The summed E-state index contributed by atoms with van der Waals surface area (Å²) in [6, 6.07) is 29.6. The first-order chi connectivity index (χ1) is 21.3. The van der Waals surface area contributed by atoms with Crippen LogP contribution < -0.4 is 18.9 Å². The molecule has 0 atom stereocenters. The van der Waals surface area contributed by atoms with Crippen molar-refractivity contribution in [3.8, 4) is 73.1 Å². The minimum atomic E-state index is 0.0779. The first-order valence-corrected chi connectivity index (χ1v) is 17.7. The molecule has 0 aliphatic rings. The molecule has 44 heavy (non-hydrogen) atoms. The van der Waals surface area contributed by atoms with E-state index >= 15 is 0 Å². The van der Waals surface area contributed by atoms with E-state index in [9.17, 15) is 0 Å². The van der Waals surface area contributed by atoms with Gasteiger partial charge < -0.3 is 18.9 Å². The van der Waals surface area contributed by atoms with Crippen molar-refractivity contribution in [1.29, 1.82) is 0 Å². The second-order valence-corrected chi connectivity index (χ2v) is 15.0. The summed E-state index contributed by atoms with van der Waals surface area (Å²) in [4.78, 5) is 9.75. The van der Waals surface area contributed by atoms with Crippen LogP contribution in [0.4, 0.5) is 0 Å². The van der Waals surface area contributed by atoms with Crippen LogP contribution in [-0.4, -0.2) is 26.4 Å². The number of rotatable bonds is 11. The molecular weight excluding hydrogens is 625 g/mol. The highest BCUT2D eigenvalue weighted by Gasteiger charge is 2.19. The van der Waals surface area contributed by atoms with E-state index in [1.807, 2.05) is 86.8 Å². The predicted octanol–water partition coefficient (Wildman–Crippen LogP) is 11.9. The Bertz CT molecular complexity index is 1730. The molecule has 6 aromatic rings. The van der Waals surface area contributed by atoms with E-state index in [-0.39, 0.29) is 12.2 Å². The van der Waals surface area contributed by atoms with Crippen molar-refractivity contribution in [2.24, 2.45) is 0 Å². The second kappa shape index (κ2) is 13.2. The first kappa shape index (κ1) is 30.5. The zero-order valence-electron chi connectivity index (χ0n) is 25.5. The third-order valence-corrected chi connectivity index (χ3v) is 11.7. The monoisotopic (exact) mass is 658 g/mol. The van der Waals surface area contributed by atoms with Gasteiger partial charge in [-0.25, -0.2) is 0 Å². The molecule has 4 heterocycles. The van der Waals surface area contributed by atoms with E-state index in [0.29, 0.717) is 0 Å². The maximum atomic E-state index is 6.14. The number of benzene rings is 2. The molecule has 0 saturated carbocycles. The summed E-state index contributed by atoms with van der Waals surface area (Å²) in [5.74, 6) is 3.33. The van der Waals surface area contributed by atoms with E-state index in [1.54, 1.807) is 36.9 Å². The molecule has 4 nitrogen and oxygen atoms in total. The van der Waals surface area contributed by atoms with E-state index in [2.05, 4.69) is 48.5 Å². The SMILES string of the molecule is COc1cccc(OC(C)C)c1-c1ccc(-c2ccc(-c3ccc(-c4ccc(-c5c(OC)cccc5OC(C)C)s4)s3)s2)s1. The van der Waals surface area contributed by atoms with Crippen LogP contribution in [-0.2, 0) is 0 Å². The van der Waals surface area contributed by atoms with Gasteiger partial charge in [-0.1, -0.05) is 12.1 Å². The molecule has 2 aromatic carbocycles. The van der Waals surface area contributed by atoms with Gasteiger partial charge in [-0.3, -0.25) is 0 Å². The van der Waals surface area contributed by atoms with Crippen molar-refractivity contribution in [2.75, 3.05) is 14.2 Å². The Hall–Kier alpha value is -3.56. The van der Waals surface area contributed by atoms with Gasteiger partial charge in [0.05, 0.1) is 37.6 Å². The van der Waals surface area contributed by atoms with Gasteiger partial charge in [0.25, 0.3) is 0 Å². The van der Waals surface area contributed by atoms with Gasteiger partial charge in [-0.15, -0.1) is 45.3 Å². The summed E-state index contributed by atoms with van der Waals surface area (Å²) in [5, 5.41) is 0. The average Bonchev–Trinajstić information content (AvgIpc) is 3.82. The van der Waals surface area contributed by atoms with Crippen LogP contribution in [0.2, 0.25) is 0 Å². The molecule has 6 rings (SSSR count). The van der Waals surface area contributed by atoms with Crippen LogP contribution in [0.15, 0.2) is 84.9 Å². The smallest absolute Gasteiger partial charge is 0.132 e. The Morgan fingerprint density at radius 1 is 0.386 bits per heavy atom. The Kier molecular flexibility index (Phi) is 9.14. The molecule has 0 radical (unpaired) electrons. The highest BCUT2D eigenvalue weighted by Crippen LogP contribution is 2.49. The lowest BCUT2D eigenvalue weighted by Crippen LogP contribution is -2.06. The molecule has 0 aliphatic heterocycles. The third-order valence-electron chi connectivity index (χ3n) is 6.79. The van der Waals surface area contributed by atoms with Gasteiger partial charge in [0, 0.05) is 39.0 Å². The van der Waals surface area contributed by atoms with Crippen molar-refractivity contribution in [3.63, 3.8) is 0 Å². The minimum absolute atomic E-state index is 0.0779. The van der Waals surface area contributed by atoms with Crippen LogP contribution in [0.3, 0.4) is 0 Å². The Morgan fingerprint density at radius 3 is 0.955 bits per heavy atom. The minimum Gasteiger partial charge on any atom is -0.496 e. The van der Waals surface area contributed by atoms with Crippen LogP contribution >= 0.6 is 45.3 Å². The fourth-order valence-corrected chi connectivity index (χ4v) is 9.37. The van der Waals surface area contributed by atoms with Gasteiger partial charge in [0.15, 0.2) is 0 Å². The maximum absolute atomic E-state index is 6.14. The summed E-state index contributed by atoms with van der Waals surface area (Å²) < 4.78 is 23.7. The van der Waals surface area contributed by atoms with Crippen LogP contribution in [0, 0.1) is 0 Å². The zero-order chi connectivity index (χ0) is 30.8. The fraction of sp³-hybridized carbons (Fsp3) is 0.222. The quantitative estimate of drug-likeness (QED) is 0.139. The number of thiophene rings is 4. The fourth-order valence-electron chi connectivity index (χ4n) is 4.97. The van der Waals surface area contributed by atoms with Crippen molar-refractivity contribution < 1.29 is 18.9 Å². The molecule has 0 fully saturated rings. The lowest BCUT2D eigenvalue weighted by atomic mass is 10.1. The van der Waals surface area contributed by atoms with Crippen molar-refractivity contribution >= 4 is 45.3 Å². The summed E-state index contributed by atoms with van der Waals surface area (Å²) in [6.45, 7) is 8.18. The number of hydrogen-bond donors (Lipinski definition) is 0. The normalized spacial score (nSPS) is 11.4. The molecule has 0 bridgehead atoms. The molecule has 0 aliphatic carbocycles. The summed E-state index contributed by atoms with van der Waals surface area (Å²) >= 11 is 7.18. The standard InChI is InChI=1S/C36H34O4S4/c1-21(2)39-25-11-7-9-23(37-5)35(25)33-19-17-31(43-33)29-15-13-27(41-29)28-14-16-30(42-28)32-18-20-34(44-32)36-24(38-6)10-8-12-26(36)40-22(3)4/h7-22H,1-6H3. The van der Waals surface area contributed by atoms with Crippen molar-refractivity contribution in [2.45, 2.75) is 39.9 Å². The Morgan fingerprint density at radius 2 is 0.659 bits per heavy atom. The molecule has 0 unspecified atom stereocenters. The number of hydrogen-bond acceptors (Lipinski definition) is 8. The highest BCUT2D eigenvalue weighted by atomic mass is 32.1. The molecular formula is C36H34O4S4. The molecule has 0 amide bonds. The maximum Gasteiger partial charge on any atom is 0.132 e. The topological polar surface area (TPSA) is 36.9 Å². The second-order valence-electron chi connectivity index (χ2n) is 10.7. The average molecular weight is 659 g/mol. The van der Waals surface area contributed by atoms with Gasteiger partial charge in [0.2, 0.25) is 0 Å². The van der Waals surface area contributed by atoms with Crippen LogP contribution in [0.25, 0.3) is 50.1 Å². The number of methoxy groups -OCH3 is 2. The van der Waals surface area contributed by atoms with Gasteiger partial charge in [-0.05, 0) is 100 Å². The lowest BCUT2D eigenvalue weighted by molar-refractivity contribution is 0.242. The third kappa shape index (κ3) is 6.31. The van der Waals surface area contributed by atoms with Gasteiger partial charge in [0.1, 0.15) is 23.0 Å². The molecule has 226 valence electrons. The number of ether oxygens (including phenoxy) is 4. The van der Waals surface area contributed by atoms with Crippen molar-refractivity contribution in [1.82, 2.24) is 0 Å². The van der Waals surface area contributed by atoms with Gasteiger partial charge >= 0.3 is 0 Å². The van der Waals surface area contributed by atoms with Gasteiger partial charge in [-0.2, -0.15) is 0 Å². The van der Waals surface area contributed by atoms with Crippen LogP contribution in [0.1, 0.15) is 27.7 Å². The lowest BCUT2D eigenvalue weighted by Gasteiger charge is -2.16. The summed E-state index contributed by atoms with van der Waals surface area (Å²) in [6.07, 6.45) is 0.156. The molecule has 8 heteroatoms. The van der Waals surface area contributed by atoms with Crippen LogP contribution in [0.5, 0.6) is 23.0 Å². The summed E-state index contributed by atoms with van der Waals surface area (Å²) in [7, 11) is 3.42. The Balaban J connectivity index is 1.25. The zero-order valence-corrected chi connectivity index (χ0v) is 28.8. The Labute approximate surface area is 275 Å². The highest BCUT2D eigenvalue weighted by molar-refractivity contribution is 7.29. The molecule has 0 N–H and O–H groups in total. The largest absolute Gasteiger partial charge is 0.496 e. The molecule has 0 spiro atoms. The first-order valence-electron chi connectivity index (χ1n) is 14.4. The molecule has 4 aromatic heterocycles. The summed E-state index contributed by atoms with van der Waals surface area (Å²) in [5.41, 5.74) is 2.01. The predicted molar refractivity (Wildman–Crippen MR) is 190 cm³/mol. The van der Waals surface area contributed by atoms with E-state index < -0.39 is 0 Å².